The van der Waals surface area contributed by atoms with E-state index in [4.69, 9.17) is 0 Å². The van der Waals surface area contributed by atoms with Gasteiger partial charge in [-0.15, -0.1) is 0 Å². The van der Waals surface area contributed by atoms with Crippen molar-refractivity contribution in [3.05, 3.63) is 59.7 Å². The first kappa shape index (κ1) is 21.9. The van der Waals surface area contributed by atoms with Gasteiger partial charge >= 0.3 is 0 Å². The lowest BCUT2D eigenvalue weighted by Gasteiger charge is -2.31. The molecular weight excluding hydrogens is 422 g/mol. The Kier molecular flexibility index (Phi) is 5.64. The molecule has 1 aliphatic heterocycles. The van der Waals surface area contributed by atoms with Crippen LogP contribution in [0.5, 0.6) is 0 Å². The lowest BCUT2D eigenvalue weighted by atomic mass is 9.95. The number of nitrogens with zero attached hydrogens (tertiary/aromatic N) is 1. The Bertz CT molecular complexity index is 1120. The number of sulfonamides is 1. The minimum atomic E-state index is -3.49. The van der Waals surface area contributed by atoms with Gasteiger partial charge in [0.05, 0.1) is 12.3 Å². The van der Waals surface area contributed by atoms with Gasteiger partial charge < -0.3 is 4.90 Å². The van der Waals surface area contributed by atoms with Crippen LogP contribution >= 0.6 is 0 Å². The molecule has 31 heavy (non-hydrogen) atoms. The molecule has 1 saturated carbocycles. The van der Waals surface area contributed by atoms with E-state index in [-0.39, 0.29) is 17.9 Å². The molecular formula is C23H26F2N2O3S. The van der Waals surface area contributed by atoms with Gasteiger partial charge in [0, 0.05) is 23.6 Å². The van der Waals surface area contributed by atoms with Gasteiger partial charge in [-0.2, -0.15) is 0 Å². The molecule has 2 aliphatic rings. The number of halogens is 2. The number of benzene rings is 2. The zero-order chi connectivity index (χ0) is 22.4. The van der Waals surface area contributed by atoms with Crippen molar-refractivity contribution in [1.29, 1.82) is 0 Å². The summed E-state index contributed by atoms with van der Waals surface area (Å²) in [4.78, 5) is 14.8. The monoisotopic (exact) mass is 448 g/mol. The molecule has 166 valence electrons. The number of likely N-dealkylation sites (tertiary alicyclic amines) is 1. The average molecular weight is 449 g/mol. The molecule has 0 spiro atoms. The predicted molar refractivity (Wildman–Crippen MR) is 115 cm³/mol. The highest BCUT2D eigenvalue weighted by molar-refractivity contribution is 7.88. The Morgan fingerprint density at radius 1 is 1.19 bits per heavy atom. The van der Waals surface area contributed by atoms with Crippen molar-refractivity contribution in [1.82, 2.24) is 9.62 Å². The third-order valence-corrected chi connectivity index (χ3v) is 7.06. The standard InChI is InChI=1S/C23H26F2N2O3S/c1-23(10-11-23)22(28)27-12-9-19(26-31(2,29)30)20(27)14-16-6-4-8-18(21(16)25)15-5-3-7-17(24)13-15/h3-8,13,19-20,26H,9-12,14H2,1-2H3/t19-,20-/m0/s1. The SMILES string of the molecule is CC1(C(=O)N2CC[C@H](NS(C)(=O)=O)[C@@H]2Cc2cccc(-c3cccc(F)c3)c2F)CC1. The van der Waals surface area contributed by atoms with Gasteiger partial charge in [-0.3, -0.25) is 4.79 Å². The van der Waals surface area contributed by atoms with Gasteiger partial charge in [0.2, 0.25) is 15.9 Å². The van der Waals surface area contributed by atoms with Gasteiger partial charge in [0.15, 0.2) is 0 Å². The number of hydrogen-bond donors (Lipinski definition) is 1. The van der Waals surface area contributed by atoms with E-state index >= 15 is 4.39 Å². The fourth-order valence-electron chi connectivity index (χ4n) is 4.36. The summed E-state index contributed by atoms with van der Waals surface area (Å²) in [5.74, 6) is -0.940. The van der Waals surface area contributed by atoms with Crippen molar-refractivity contribution >= 4 is 15.9 Å². The molecule has 2 fully saturated rings. The molecule has 1 saturated heterocycles. The van der Waals surface area contributed by atoms with Crippen LogP contribution in [0.1, 0.15) is 31.7 Å². The Morgan fingerprint density at radius 3 is 2.55 bits per heavy atom. The fourth-order valence-corrected chi connectivity index (χ4v) is 5.19. The van der Waals surface area contributed by atoms with E-state index in [9.17, 15) is 17.6 Å². The molecule has 8 heteroatoms. The predicted octanol–water partition coefficient (Wildman–Crippen LogP) is 3.49. The van der Waals surface area contributed by atoms with Gasteiger partial charge in [0.25, 0.3) is 0 Å². The summed E-state index contributed by atoms with van der Waals surface area (Å²) in [5.41, 5.74) is 0.664. The second-order valence-corrected chi connectivity index (χ2v) is 10.7. The fraction of sp³-hybridized carbons (Fsp3) is 0.435. The van der Waals surface area contributed by atoms with Crippen molar-refractivity contribution in [2.45, 2.75) is 44.7 Å². The van der Waals surface area contributed by atoms with E-state index < -0.39 is 39.2 Å². The summed E-state index contributed by atoms with van der Waals surface area (Å²) in [6.07, 6.45) is 3.35. The molecule has 0 bridgehead atoms. The Balaban J connectivity index is 1.67. The van der Waals surface area contributed by atoms with Gasteiger partial charge in [-0.1, -0.05) is 37.3 Å². The van der Waals surface area contributed by atoms with Crippen molar-refractivity contribution in [3.8, 4) is 11.1 Å². The minimum absolute atomic E-state index is 0.00278. The van der Waals surface area contributed by atoms with Crippen LogP contribution in [-0.2, 0) is 21.2 Å². The largest absolute Gasteiger partial charge is 0.337 e. The number of carbonyl (C=O) groups is 1. The lowest BCUT2D eigenvalue weighted by Crippen LogP contribution is -2.49. The van der Waals surface area contributed by atoms with Crippen LogP contribution in [0.4, 0.5) is 8.78 Å². The number of amides is 1. The zero-order valence-corrected chi connectivity index (χ0v) is 18.4. The number of hydrogen-bond acceptors (Lipinski definition) is 3. The van der Waals surface area contributed by atoms with Gasteiger partial charge in [-0.25, -0.2) is 21.9 Å². The quantitative estimate of drug-likeness (QED) is 0.736. The third kappa shape index (κ3) is 4.65. The second-order valence-electron chi connectivity index (χ2n) is 8.90. The molecule has 4 rings (SSSR count). The maximum Gasteiger partial charge on any atom is 0.228 e. The van der Waals surface area contributed by atoms with Crippen LogP contribution in [0.15, 0.2) is 42.5 Å². The first-order valence-electron chi connectivity index (χ1n) is 10.4. The summed E-state index contributed by atoms with van der Waals surface area (Å²) < 4.78 is 55.5. The highest BCUT2D eigenvalue weighted by atomic mass is 32.2. The molecule has 0 radical (unpaired) electrons. The van der Waals surface area contributed by atoms with E-state index in [0.717, 1.165) is 19.1 Å². The highest BCUT2D eigenvalue weighted by Gasteiger charge is 2.51. The molecule has 1 aliphatic carbocycles. The summed E-state index contributed by atoms with van der Waals surface area (Å²) >= 11 is 0. The third-order valence-electron chi connectivity index (χ3n) is 6.33. The first-order chi connectivity index (χ1) is 14.6. The van der Waals surface area contributed by atoms with E-state index in [1.165, 1.54) is 18.2 Å². The van der Waals surface area contributed by atoms with Crippen LogP contribution in [0.3, 0.4) is 0 Å². The van der Waals surface area contributed by atoms with Gasteiger partial charge in [0.1, 0.15) is 11.6 Å². The molecule has 5 nitrogen and oxygen atoms in total. The van der Waals surface area contributed by atoms with Crippen molar-refractivity contribution in [3.63, 3.8) is 0 Å². The molecule has 0 unspecified atom stereocenters. The van der Waals surface area contributed by atoms with E-state index in [1.54, 1.807) is 29.2 Å². The average Bonchev–Trinajstić information content (AvgIpc) is 3.34. The molecule has 1 N–H and O–H groups in total. The number of rotatable bonds is 6. The van der Waals surface area contributed by atoms with Crippen LogP contribution < -0.4 is 4.72 Å². The molecule has 0 aromatic heterocycles. The maximum atomic E-state index is 15.4. The first-order valence-corrected chi connectivity index (χ1v) is 12.3. The van der Waals surface area contributed by atoms with Crippen LogP contribution in [0.2, 0.25) is 0 Å². The molecule has 1 heterocycles. The summed E-state index contributed by atoms with van der Waals surface area (Å²) in [6, 6.07) is 9.67. The van der Waals surface area contributed by atoms with E-state index in [0.29, 0.717) is 24.1 Å². The van der Waals surface area contributed by atoms with Crippen LogP contribution in [-0.4, -0.2) is 44.1 Å². The summed E-state index contributed by atoms with van der Waals surface area (Å²) in [6.45, 7) is 2.34. The molecule has 2 atom stereocenters. The maximum absolute atomic E-state index is 15.4. The summed E-state index contributed by atoms with van der Waals surface area (Å²) in [7, 11) is -3.49. The van der Waals surface area contributed by atoms with Crippen molar-refractivity contribution in [2.75, 3.05) is 12.8 Å². The van der Waals surface area contributed by atoms with E-state index in [1.807, 2.05) is 6.92 Å². The number of carbonyl (C=O) groups excluding carboxylic acids is 1. The van der Waals surface area contributed by atoms with Crippen molar-refractivity contribution < 1.29 is 22.0 Å². The van der Waals surface area contributed by atoms with Gasteiger partial charge in [-0.05, 0) is 48.9 Å². The van der Waals surface area contributed by atoms with E-state index in [2.05, 4.69) is 4.72 Å². The highest BCUT2D eigenvalue weighted by Crippen LogP contribution is 2.47. The Morgan fingerprint density at radius 2 is 1.90 bits per heavy atom. The summed E-state index contributed by atoms with van der Waals surface area (Å²) in [5, 5.41) is 0. The van der Waals surface area contributed by atoms with Crippen LogP contribution in [0.25, 0.3) is 11.1 Å². The van der Waals surface area contributed by atoms with Crippen molar-refractivity contribution in [2.24, 2.45) is 5.41 Å². The second kappa shape index (κ2) is 7.98. The Hall–Kier alpha value is -2.32. The smallest absolute Gasteiger partial charge is 0.228 e. The minimum Gasteiger partial charge on any atom is -0.337 e. The van der Waals surface area contributed by atoms with Crippen LogP contribution in [0, 0.1) is 17.0 Å². The zero-order valence-electron chi connectivity index (χ0n) is 17.6. The number of nitrogens with one attached hydrogen (secondary N) is 1. The molecule has 2 aromatic carbocycles. The Labute approximate surface area is 181 Å². The normalized spacial score (nSPS) is 22.5. The lowest BCUT2D eigenvalue weighted by molar-refractivity contribution is -0.137. The molecule has 2 aromatic rings. The molecule has 1 amide bonds. The topological polar surface area (TPSA) is 66.5 Å².